The van der Waals surface area contributed by atoms with E-state index in [1.807, 2.05) is 30.3 Å². The third-order valence-corrected chi connectivity index (χ3v) is 4.63. The monoisotopic (exact) mass is 281 g/mol. The second-order valence-corrected chi connectivity index (χ2v) is 6.31. The van der Waals surface area contributed by atoms with Gasteiger partial charge in [-0.05, 0) is 25.5 Å². The quantitative estimate of drug-likeness (QED) is 0.416. The van der Waals surface area contributed by atoms with E-state index in [9.17, 15) is 9.36 Å². The number of hydrogen-bond acceptors (Lipinski definition) is 3. The molecule has 0 bridgehead atoms. The van der Waals surface area contributed by atoms with E-state index >= 15 is 0 Å². The average Bonchev–Trinajstić information content (AvgIpc) is 2.44. The summed E-state index contributed by atoms with van der Waals surface area (Å²) in [5, 5.41) is 0.795. The summed E-state index contributed by atoms with van der Waals surface area (Å²) < 4.78 is 17.3. The molecule has 0 aromatic heterocycles. The zero-order chi connectivity index (χ0) is 14.1. The summed E-state index contributed by atoms with van der Waals surface area (Å²) in [5.74, 6) is -0.555. The first-order valence-electron chi connectivity index (χ1n) is 6.81. The van der Waals surface area contributed by atoms with Crippen LogP contribution in [0.3, 0.4) is 0 Å². The molecule has 0 aliphatic rings. The highest BCUT2D eigenvalue weighted by atomic mass is 31.1. The molecule has 3 nitrogen and oxygen atoms in total. The van der Waals surface area contributed by atoms with Crippen molar-refractivity contribution < 1.29 is 14.1 Å². The van der Waals surface area contributed by atoms with Gasteiger partial charge >= 0.3 is 13.8 Å². The third kappa shape index (κ3) is 5.98. The van der Waals surface area contributed by atoms with Crippen molar-refractivity contribution in [2.45, 2.75) is 33.1 Å². The molecule has 0 amide bonds. The number of carbonyl (C=O) groups excluding carboxylic acids is 1. The number of hydrogen-bond donors (Lipinski definition) is 0. The fourth-order valence-electron chi connectivity index (χ4n) is 1.69. The molecule has 0 radical (unpaired) electrons. The number of benzene rings is 1. The normalized spacial score (nSPS) is 12.8. The maximum Gasteiger partial charge on any atom is 0.377 e. The minimum atomic E-state index is -1.52. The Labute approximate surface area is 116 Å². The van der Waals surface area contributed by atoms with Gasteiger partial charge in [-0.3, -0.25) is 4.79 Å². The van der Waals surface area contributed by atoms with Gasteiger partial charge in [0.25, 0.3) is 0 Å². The molecule has 1 aromatic carbocycles. The molecular formula is C15H22O3P+. The Morgan fingerprint density at radius 3 is 2.58 bits per heavy atom. The first kappa shape index (κ1) is 15.8. The second kappa shape index (κ2) is 8.82. The Kier molecular flexibility index (Phi) is 7.35. The van der Waals surface area contributed by atoms with Crippen LogP contribution in [-0.2, 0) is 14.1 Å². The molecule has 4 heteroatoms. The highest BCUT2D eigenvalue weighted by Crippen LogP contribution is 2.23. The zero-order valence-corrected chi connectivity index (χ0v) is 12.6. The summed E-state index contributed by atoms with van der Waals surface area (Å²) in [4.78, 5) is 11.7. The van der Waals surface area contributed by atoms with Crippen LogP contribution >= 0.6 is 7.80 Å². The number of rotatable bonds is 8. The number of unbranched alkanes of at least 4 members (excludes halogenated alkanes) is 2. The van der Waals surface area contributed by atoms with E-state index in [0.29, 0.717) is 12.8 Å². The molecule has 0 fully saturated rings. The van der Waals surface area contributed by atoms with E-state index in [4.69, 9.17) is 4.74 Å². The van der Waals surface area contributed by atoms with Gasteiger partial charge in [-0.15, -0.1) is 0 Å². The van der Waals surface area contributed by atoms with Gasteiger partial charge in [0.15, 0.2) is 11.5 Å². The molecule has 1 aromatic rings. The fraction of sp³-hybridized carbons (Fsp3) is 0.533. The zero-order valence-electron chi connectivity index (χ0n) is 11.7. The maximum atomic E-state index is 12.1. The van der Waals surface area contributed by atoms with Crippen LogP contribution in [-0.4, -0.2) is 18.7 Å². The van der Waals surface area contributed by atoms with Crippen LogP contribution in [0.4, 0.5) is 0 Å². The van der Waals surface area contributed by atoms with Crippen molar-refractivity contribution in [2.24, 2.45) is 5.92 Å². The van der Waals surface area contributed by atoms with Gasteiger partial charge in [0.05, 0.1) is 12.5 Å². The smallest absolute Gasteiger partial charge is 0.377 e. The lowest BCUT2D eigenvalue weighted by Crippen LogP contribution is -2.18. The SMILES string of the molecule is CCCCCOC(=O)C(C)C[P+](=O)c1ccccc1. The highest BCUT2D eigenvalue weighted by Gasteiger charge is 2.27. The minimum absolute atomic E-state index is 0.240. The molecule has 0 saturated carbocycles. The summed E-state index contributed by atoms with van der Waals surface area (Å²) >= 11 is 0. The van der Waals surface area contributed by atoms with Crippen LogP contribution in [0.25, 0.3) is 0 Å². The topological polar surface area (TPSA) is 43.4 Å². The van der Waals surface area contributed by atoms with E-state index in [-0.39, 0.29) is 11.9 Å². The Bertz CT molecular complexity index is 403. The van der Waals surface area contributed by atoms with Gasteiger partial charge in [0, 0.05) is 0 Å². The molecule has 0 heterocycles. The molecule has 0 saturated heterocycles. The van der Waals surface area contributed by atoms with Crippen molar-refractivity contribution in [2.75, 3.05) is 12.8 Å². The van der Waals surface area contributed by atoms with Gasteiger partial charge < -0.3 is 4.74 Å². The lowest BCUT2D eigenvalue weighted by atomic mass is 10.2. The summed E-state index contributed by atoms with van der Waals surface area (Å²) in [5.41, 5.74) is 0. The molecule has 0 aliphatic carbocycles. The first-order chi connectivity index (χ1) is 9.15. The van der Waals surface area contributed by atoms with Crippen LogP contribution in [0.2, 0.25) is 0 Å². The van der Waals surface area contributed by atoms with Crippen LogP contribution in [0.1, 0.15) is 33.1 Å². The number of esters is 1. The van der Waals surface area contributed by atoms with Crippen LogP contribution in [0.15, 0.2) is 30.3 Å². The highest BCUT2D eigenvalue weighted by molar-refractivity contribution is 7.53. The minimum Gasteiger partial charge on any atom is -0.465 e. The van der Waals surface area contributed by atoms with E-state index in [0.717, 1.165) is 24.6 Å². The Morgan fingerprint density at radius 1 is 1.26 bits per heavy atom. The number of carbonyl (C=O) groups is 1. The van der Waals surface area contributed by atoms with Gasteiger partial charge in [0.1, 0.15) is 0 Å². The fourth-order valence-corrected chi connectivity index (χ4v) is 3.05. The summed E-state index contributed by atoms with van der Waals surface area (Å²) in [6, 6.07) is 9.26. The van der Waals surface area contributed by atoms with Gasteiger partial charge in [-0.25, -0.2) is 0 Å². The van der Waals surface area contributed by atoms with E-state index < -0.39 is 7.80 Å². The molecule has 104 valence electrons. The molecular weight excluding hydrogens is 259 g/mol. The maximum absolute atomic E-state index is 12.1. The molecule has 0 N–H and O–H groups in total. The molecule has 0 spiro atoms. The van der Waals surface area contributed by atoms with Crippen molar-refractivity contribution in [3.05, 3.63) is 30.3 Å². The second-order valence-electron chi connectivity index (χ2n) is 4.67. The largest absolute Gasteiger partial charge is 0.465 e. The molecule has 2 unspecified atom stereocenters. The van der Waals surface area contributed by atoms with Crippen LogP contribution in [0.5, 0.6) is 0 Å². The summed E-state index contributed by atoms with van der Waals surface area (Å²) in [6.45, 7) is 4.35. The molecule has 2 atom stereocenters. The van der Waals surface area contributed by atoms with Crippen LogP contribution < -0.4 is 5.30 Å². The molecule has 1 rings (SSSR count). The first-order valence-corrected chi connectivity index (χ1v) is 8.26. The van der Waals surface area contributed by atoms with Crippen molar-refractivity contribution in [1.29, 1.82) is 0 Å². The lowest BCUT2D eigenvalue weighted by Gasteiger charge is -2.07. The van der Waals surface area contributed by atoms with E-state index in [2.05, 4.69) is 6.92 Å². The average molecular weight is 281 g/mol. The Morgan fingerprint density at radius 2 is 1.95 bits per heavy atom. The predicted octanol–water partition coefficient (Wildman–Crippen LogP) is 3.51. The van der Waals surface area contributed by atoms with Crippen molar-refractivity contribution in [1.82, 2.24) is 0 Å². The predicted molar refractivity (Wildman–Crippen MR) is 78.2 cm³/mol. The van der Waals surface area contributed by atoms with Gasteiger partial charge in [-0.1, -0.05) is 42.5 Å². The Balaban J connectivity index is 2.35. The Hall–Kier alpha value is -1.21. The molecule has 19 heavy (non-hydrogen) atoms. The van der Waals surface area contributed by atoms with Crippen molar-refractivity contribution in [3.8, 4) is 0 Å². The third-order valence-electron chi connectivity index (χ3n) is 2.88. The summed E-state index contributed by atoms with van der Waals surface area (Å²) in [6.07, 6.45) is 3.43. The van der Waals surface area contributed by atoms with E-state index in [1.165, 1.54) is 0 Å². The van der Waals surface area contributed by atoms with Crippen LogP contribution in [0, 0.1) is 5.92 Å². The molecule has 0 aliphatic heterocycles. The number of ether oxygens (including phenoxy) is 1. The van der Waals surface area contributed by atoms with Gasteiger partial charge in [-0.2, -0.15) is 0 Å². The summed E-state index contributed by atoms with van der Waals surface area (Å²) in [7, 11) is -1.52. The lowest BCUT2D eigenvalue weighted by molar-refractivity contribution is -0.147. The van der Waals surface area contributed by atoms with Gasteiger partial charge in [0.2, 0.25) is 0 Å². The van der Waals surface area contributed by atoms with Crippen molar-refractivity contribution in [3.63, 3.8) is 0 Å². The van der Waals surface area contributed by atoms with Crippen molar-refractivity contribution >= 4 is 19.1 Å². The standard InChI is InChI=1S/C15H22O3P/c1-3-4-8-11-18-15(16)13(2)12-19(17)14-9-6-5-7-10-14/h5-7,9-10,13H,3-4,8,11-12H2,1-2H3/q+1. The van der Waals surface area contributed by atoms with E-state index in [1.54, 1.807) is 6.92 Å².